The second-order valence-electron chi connectivity index (χ2n) is 4.96. The summed E-state index contributed by atoms with van der Waals surface area (Å²) in [6, 6.07) is 1.58. The quantitative estimate of drug-likeness (QED) is 0.722. The maximum absolute atomic E-state index is 3.71. The summed E-state index contributed by atoms with van der Waals surface area (Å²) >= 11 is 0. The molecule has 2 nitrogen and oxygen atoms in total. The Morgan fingerprint density at radius 2 is 2.14 bits per heavy atom. The van der Waals surface area contributed by atoms with Crippen LogP contribution in [0.15, 0.2) is 0 Å². The van der Waals surface area contributed by atoms with Gasteiger partial charge >= 0.3 is 0 Å². The summed E-state index contributed by atoms with van der Waals surface area (Å²) in [5.74, 6) is 0.992. The van der Waals surface area contributed by atoms with Gasteiger partial charge in [0.15, 0.2) is 0 Å². The highest BCUT2D eigenvalue weighted by Crippen LogP contribution is 2.32. The Labute approximate surface area is 88.1 Å². The minimum absolute atomic E-state index is 0.759. The molecule has 1 saturated heterocycles. The van der Waals surface area contributed by atoms with E-state index in [1.807, 2.05) is 0 Å². The highest BCUT2D eigenvalue weighted by atomic mass is 15.2. The standard InChI is InChI=1S/C12H24N2/c1-3-14-8-4-5-12(14)9-13-10(2)11-6-7-11/h10-13H,3-9H2,1-2H3/t10-,12-/m0/s1. The van der Waals surface area contributed by atoms with E-state index in [0.29, 0.717) is 0 Å². The Balaban J connectivity index is 1.68. The van der Waals surface area contributed by atoms with E-state index in [1.54, 1.807) is 0 Å². The molecule has 0 unspecified atom stereocenters. The van der Waals surface area contributed by atoms with Crippen molar-refractivity contribution in [2.45, 2.75) is 51.6 Å². The summed E-state index contributed by atoms with van der Waals surface area (Å²) in [6.07, 6.45) is 5.71. The lowest BCUT2D eigenvalue weighted by Crippen LogP contribution is -2.41. The molecule has 2 fully saturated rings. The molecule has 2 atom stereocenters. The molecule has 2 heteroatoms. The minimum Gasteiger partial charge on any atom is -0.312 e. The molecule has 1 aliphatic carbocycles. The summed E-state index contributed by atoms with van der Waals surface area (Å²) in [5, 5.41) is 3.71. The molecule has 2 aliphatic rings. The second-order valence-corrected chi connectivity index (χ2v) is 4.96. The fourth-order valence-electron chi connectivity index (χ4n) is 2.63. The molecule has 1 saturated carbocycles. The first kappa shape index (κ1) is 10.4. The maximum atomic E-state index is 3.71. The van der Waals surface area contributed by atoms with Crippen LogP contribution in [-0.4, -0.2) is 36.6 Å². The lowest BCUT2D eigenvalue weighted by Gasteiger charge is -2.24. The zero-order valence-electron chi connectivity index (χ0n) is 9.63. The Morgan fingerprint density at radius 3 is 2.79 bits per heavy atom. The van der Waals surface area contributed by atoms with Gasteiger partial charge in [0.1, 0.15) is 0 Å². The molecule has 0 amide bonds. The lowest BCUT2D eigenvalue weighted by molar-refractivity contribution is 0.252. The largest absolute Gasteiger partial charge is 0.312 e. The summed E-state index contributed by atoms with van der Waals surface area (Å²) in [6.45, 7) is 8.39. The fraction of sp³-hybridized carbons (Fsp3) is 1.00. The topological polar surface area (TPSA) is 15.3 Å². The number of likely N-dealkylation sites (N-methyl/N-ethyl adjacent to an activating group) is 1. The monoisotopic (exact) mass is 196 g/mol. The van der Waals surface area contributed by atoms with Crippen molar-refractivity contribution in [3.8, 4) is 0 Å². The van der Waals surface area contributed by atoms with Gasteiger partial charge in [-0.25, -0.2) is 0 Å². The summed E-state index contributed by atoms with van der Waals surface area (Å²) < 4.78 is 0. The van der Waals surface area contributed by atoms with Gasteiger partial charge in [-0.3, -0.25) is 4.90 Å². The number of nitrogens with zero attached hydrogens (tertiary/aromatic N) is 1. The number of hydrogen-bond acceptors (Lipinski definition) is 2. The van der Waals surface area contributed by atoms with Crippen LogP contribution in [0.3, 0.4) is 0 Å². The van der Waals surface area contributed by atoms with Crippen molar-refractivity contribution in [1.82, 2.24) is 10.2 Å². The van der Waals surface area contributed by atoms with Crippen LogP contribution in [0.25, 0.3) is 0 Å². The summed E-state index contributed by atoms with van der Waals surface area (Å²) in [7, 11) is 0. The molecule has 0 aromatic heterocycles. The van der Waals surface area contributed by atoms with Crippen LogP contribution < -0.4 is 5.32 Å². The third-order valence-electron chi connectivity index (χ3n) is 3.91. The molecule has 1 N–H and O–H groups in total. The van der Waals surface area contributed by atoms with Crippen molar-refractivity contribution in [2.75, 3.05) is 19.6 Å². The van der Waals surface area contributed by atoms with E-state index in [4.69, 9.17) is 0 Å². The predicted molar refractivity (Wildman–Crippen MR) is 60.5 cm³/mol. The van der Waals surface area contributed by atoms with Crippen LogP contribution in [0.4, 0.5) is 0 Å². The van der Waals surface area contributed by atoms with E-state index in [9.17, 15) is 0 Å². The number of hydrogen-bond donors (Lipinski definition) is 1. The third kappa shape index (κ3) is 2.48. The number of likely N-dealkylation sites (tertiary alicyclic amines) is 1. The van der Waals surface area contributed by atoms with Crippen molar-refractivity contribution in [1.29, 1.82) is 0 Å². The normalized spacial score (nSPS) is 30.9. The van der Waals surface area contributed by atoms with Gasteiger partial charge in [0.05, 0.1) is 0 Å². The van der Waals surface area contributed by atoms with Gasteiger partial charge in [0.25, 0.3) is 0 Å². The van der Waals surface area contributed by atoms with Crippen LogP contribution in [0, 0.1) is 5.92 Å². The third-order valence-corrected chi connectivity index (χ3v) is 3.91. The molecule has 14 heavy (non-hydrogen) atoms. The molecule has 0 aromatic carbocycles. The van der Waals surface area contributed by atoms with Crippen LogP contribution in [0.2, 0.25) is 0 Å². The average Bonchev–Trinajstić information content (AvgIpc) is 2.94. The van der Waals surface area contributed by atoms with Gasteiger partial charge in [-0.2, -0.15) is 0 Å². The molecule has 0 spiro atoms. The molecule has 0 aromatic rings. The Kier molecular flexibility index (Phi) is 3.45. The van der Waals surface area contributed by atoms with Crippen LogP contribution >= 0.6 is 0 Å². The molecule has 0 radical (unpaired) electrons. The first-order chi connectivity index (χ1) is 6.81. The molecule has 82 valence electrons. The molecular weight excluding hydrogens is 172 g/mol. The van der Waals surface area contributed by atoms with Gasteiger partial charge in [-0.1, -0.05) is 6.92 Å². The van der Waals surface area contributed by atoms with Crippen molar-refractivity contribution in [3.63, 3.8) is 0 Å². The molecule has 0 bridgehead atoms. The highest BCUT2D eigenvalue weighted by Gasteiger charge is 2.29. The highest BCUT2D eigenvalue weighted by molar-refractivity contribution is 4.86. The summed E-state index contributed by atoms with van der Waals surface area (Å²) in [4.78, 5) is 2.62. The Bertz CT molecular complexity index is 177. The predicted octanol–water partition coefficient (Wildman–Crippen LogP) is 1.86. The zero-order valence-corrected chi connectivity index (χ0v) is 9.63. The lowest BCUT2D eigenvalue weighted by atomic mass is 10.1. The first-order valence-electron chi connectivity index (χ1n) is 6.28. The molecule has 2 rings (SSSR count). The van der Waals surface area contributed by atoms with Crippen molar-refractivity contribution in [3.05, 3.63) is 0 Å². The van der Waals surface area contributed by atoms with Crippen LogP contribution in [-0.2, 0) is 0 Å². The first-order valence-corrected chi connectivity index (χ1v) is 6.28. The van der Waals surface area contributed by atoms with E-state index >= 15 is 0 Å². The van der Waals surface area contributed by atoms with E-state index in [-0.39, 0.29) is 0 Å². The van der Waals surface area contributed by atoms with E-state index in [1.165, 1.54) is 45.3 Å². The molecule has 1 aliphatic heterocycles. The maximum Gasteiger partial charge on any atom is 0.0221 e. The summed E-state index contributed by atoms with van der Waals surface area (Å²) in [5.41, 5.74) is 0. The van der Waals surface area contributed by atoms with Gasteiger partial charge in [0.2, 0.25) is 0 Å². The van der Waals surface area contributed by atoms with Gasteiger partial charge in [-0.05, 0) is 51.6 Å². The van der Waals surface area contributed by atoms with Crippen LogP contribution in [0.1, 0.15) is 39.5 Å². The van der Waals surface area contributed by atoms with E-state index in [0.717, 1.165) is 18.0 Å². The van der Waals surface area contributed by atoms with E-state index < -0.39 is 0 Å². The van der Waals surface area contributed by atoms with Gasteiger partial charge in [-0.15, -0.1) is 0 Å². The smallest absolute Gasteiger partial charge is 0.0221 e. The minimum atomic E-state index is 0.759. The van der Waals surface area contributed by atoms with Crippen molar-refractivity contribution >= 4 is 0 Å². The average molecular weight is 196 g/mol. The zero-order chi connectivity index (χ0) is 9.97. The SMILES string of the molecule is CCN1CCC[C@H]1CN[C@@H](C)C1CC1. The van der Waals surface area contributed by atoms with Gasteiger partial charge < -0.3 is 5.32 Å². The Hall–Kier alpha value is -0.0800. The Morgan fingerprint density at radius 1 is 1.36 bits per heavy atom. The molecular formula is C12H24N2. The fourth-order valence-corrected chi connectivity index (χ4v) is 2.63. The van der Waals surface area contributed by atoms with Crippen LogP contribution in [0.5, 0.6) is 0 Å². The van der Waals surface area contributed by atoms with E-state index in [2.05, 4.69) is 24.1 Å². The van der Waals surface area contributed by atoms with Crippen molar-refractivity contribution < 1.29 is 0 Å². The van der Waals surface area contributed by atoms with Gasteiger partial charge in [0, 0.05) is 18.6 Å². The number of nitrogens with one attached hydrogen (secondary N) is 1. The molecule has 1 heterocycles. The number of rotatable bonds is 5. The van der Waals surface area contributed by atoms with Crippen molar-refractivity contribution in [2.24, 2.45) is 5.92 Å². The second kappa shape index (κ2) is 4.63.